The van der Waals surface area contributed by atoms with E-state index in [-0.39, 0.29) is 0 Å². The molecule has 0 spiro atoms. The van der Waals surface area contributed by atoms with Crippen LogP contribution in [0, 0.1) is 24.7 Å². The van der Waals surface area contributed by atoms with Crippen LogP contribution in [-0.2, 0) is 5.60 Å². The molecule has 2 saturated carbocycles. The van der Waals surface area contributed by atoms with E-state index in [0.717, 1.165) is 29.1 Å². The predicted molar refractivity (Wildman–Crippen MR) is 72.2 cm³/mol. The van der Waals surface area contributed by atoms with Gasteiger partial charge in [0.1, 0.15) is 0 Å². The lowest BCUT2D eigenvalue weighted by molar-refractivity contribution is 0.0238. The summed E-state index contributed by atoms with van der Waals surface area (Å²) < 4.78 is 0. The fraction of sp³-hybridized carbons (Fsp3) is 0.733. The Labute approximate surface area is 108 Å². The second-order valence-corrected chi connectivity index (χ2v) is 7.61. The summed E-state index contributed by atoms with van der Waals surface area (Å²) in [6.07, 6.45) is 6.62. The van der Waals surface area contributed by atoms with Gasteiger partial charge in [-0.15, -0.1) is 11.3 Å². The topological polar surface area (TPSA) is 20.2 Å². The smallest absolute Gasteiger partial charge is 0.0962 e. The minimum atomic E-state index is -0.603. The maximum atomic E-state index is 10.7. The van der Waals surface area contributed by atoms with Gasteiger partial charge in [-0.25, -0.2) is 0 Å². The Morgan fingerprint density at radius 2 is 2.18 bits per heavy atom. The van der Waals surface area contributed by atoms with Gasteiger partial charge in [-0.2, -0.15) is 0 Å². The Morgan fingerprint density at radius 3 is 2.71 bits per heavy atom. The summed E-state index contributed by atoms with van der Waals surface area (Å²) in [5.74, 6) is 2.66. The van der Waals surface area contributed by atoms with Crippen LogP contribution in [0.1, 0.15) is 48.8 Å². The number of thiophene rings is 1. The molecule has 94 valence electrons. The summed E-state index contributed by atoms with van der Waals surface area (Å²) >= 11 is 1.75. The van der Waals surface area contributed by atoms with Gasteiger partial charge in [0, 0.05) is 9.75 Å². The Morgan fingerprint density at radius 1 is 1.35 bits per heavy atom. The molecule has 4 atom stereocenters. The molecule has 17 heavy (non-hydrogen) atoms. The van der Waals surface area contributed by atoms with Crippen molar-refractivity contribution in [3.8, 4) is 0 Å². The molecule has 0 saturated heterocycles. The molecule has 2 bridgehead atoms. The van der Waals surface area contributed by atoms with Crippen LogP contribution in [-0.4, -0.2) is 5.11 Å². The molecule has 0 aliphatic heterocycles. The zero-order valence-electron chi connectivity index (χ0n) is 10.8. The first-order valence-corrected chi connectivity index (χ1v) is 7.65. The van der Waals surface area contributed by atoms with Crippen LogP contribution in [0.3, 0.4) is 0 Å². The minimum Gasteiger partial charge on any atom is -0.385 e. The Balaban J connectivity index is 1.71. The fourth-order valence-corrected chi connectivity index (χ4v) is 4.88. The van der Waals surface area contributed by atoms with Crippen LogP contribution in [0.5, 0.6) is 0 Å². The number of hydrogen-bond donors (Lipinski definition) is 1. The summed E-state index contributed by atoms with van der Waals surface area (Å²) in [4.78, 5) is 2.45. The van der Waals surface area contributed by atoms with Crippen LogP contribution >= 0.6 is 11.3 Å². The van der Waals surface area contributed by atoms with Crippen molar-refractivity contribution in [3.63, 3.8) is 0 Å². The first-order chi connectivity index (χ1) is 8.04. The van der Waals surface area contributed by atoms with Crippen LogP contribution in [0.25, 0.3) is 0 Å². The molecule has 1 aromatic rings. The SMILES string of the molecule is Cc1ccc(C(C)(O)CC2CC3CCC2C3)s1. The number of fused-ring (bicyclic) bond motifs is 2. The van der Waals surface area contributed by atoms with Crippen molar-refractivity contribution in [1.29, 1.82) is 0 Å². The van der Waals surface area contributed by atoms with Gasteiger partial charge >= 0.3 is 0 Å². The fourth-order valence-electron chi connectivity index (χ4n) is 3.96. The molecule has 0 radical (unpaired) electrons. The van der Waals surface area contributed by atoms with Crippen molar-refractivity contribution < 1.29 is 5.11 Å². The van der Waals surface area contributed by atoms with Gasteiger partial charge in [-0.1, -0.05) is 6.42 Å². The molecule has 1 heterocycles. The molecule has 2 aliphatic carbocycles. The molecule has 1 nitrogen and oxygen atoms in total. The summed E-state index contributed by atoms with van der Waals surface area (Å²) in [6.45, 7) is 4.12. The Hall–Kier alpha value is -0.340. The normalized spacial score (nSPS) is 35.1. The van der Waals surface area contributed by atoms with Crippen molar-refractivity contribution in [2.75, 3.05) is 0 Å². The Bertz CT molecular complexity index is 407. The van der Waals surface area contributed by atoms with E-state index < -0.39 is 5.60 Å². The highest BCUT2D eigenvalue weighted by molar-refractivity contribution is 7.12. The maximum absolute atomic E-state index is 10.7. The summed E-state index contributed by atoms with van der Waals surface area (Å²) in [5, 5.41) is 10.7. The lowest BCUT2D eigenvalue weighted by atomic mass is 9.80. The van der Waals surface area contributed by atoms with Gasteiger partial charge in [-0.3, -0.25) is 0 Å². The monoisotopic (exact) mass is 250 g/mol. The molecule has 4 unspecified atom stereocenters. The molecule has 2 heteroatoms. The average molecular weight is 250 g/mol. The molecule has 2 fully saturated rings. The Kier molecular flexibility index (Phi) is 2.83. The second-order valence-electron chi connectivity index (χ2n) is 6.32. The van der Waals surface area contributed by atoms with E-state index in [1.807, 2.05) is 6.92 Å². The minimum absolute atomic E-state index is 0.603. The highest BCUT2D eigenvalue weighted by atomic mass is 32.1. The molecule has 3 rings (SSSR count). The van der Waals surface area contributed by atoms with E-state index in [9.17, 15) is 5.11 Å². The predicted octanol–water partition coefficient (Wildman–Crippen LogP) is 4.09. The van der Waals surface area contributed by atoms with Gasteiger partial charge in [0.05, 0.1) is 5.60 Å². The lowest BCUT2D eigenvalue weighted by Gasteiger charge is -2.30. The quantitative estimate of drug-likeness (QED) is 0.856. The lowest BCUT2D eigenvalue weighted by Crippen LogP contribution is -2.26. The number of aliphatic hydroxyl groups is 1. The molecular formula is C15H22OS. The molecule has 0 amide bonds. The van der Waals surface area contributed by atoms with Crippen LogP contribution in [0.4, 0.5) is 0 Å². The van der Waals surface area contributed by atoms with Crippen LogP contribution in [0.2, 0.25) is 0 Å². The third-order valence-corrected chi connectivity index (χ3v) is 6.07. The molecule has 1 N–H and O–H groups in total. The number of rotatable bonds is 3. The van der Waals surface area contributed by atoms with Gasteiger partial charge in [0.25, 0.3) is 0 Å². The standard InChI is InChI=1S/C15H22OS/c1-10-3-6-14(17-10)15(2,16)9-13-8-11-4-5-12(13)7-11/h3,6,11-13,16H,4-5,7-9H2,1-2H3. The van der Waals surface area contributed by atoms with E-state index in [4.69, 9.17) is 0 Å². The van der Waals surface area contributed by atoms with Crippen LogP contribution < -0.4 is 0 Å². The zero-order valence-corrected chi connectivity index (χ0v) is 11.6. The van der Waals surface area contributed by atoms with E-state index in [2.05, 4.69) is 19.1 Å². The average Bonchev–Trinajstić information content (AvgIpc) is 2.92. The van der Waals surface area contributed by atoms with E-state index in [1.165, 1.54) is 30.6 Å². The number of hydrogen-bond acceptors (Lipinski definition) is 2. The molecular weight excluding hydrogens is 228 g/mol. The highest BCUT2D eigenvalue weighted by Gasteiger charge is 2.42. The van der Waals surface area contributed by atoms with Gasteiger partial charge in [-0.05, 0) is 69.4 Å². The first kappa shape index (κ1) is 11.7. The largest absolute Gasteiger partial charge is 0.385 e. The molecule has 1 aromatic heterocycles. The first-order valence-electron chi connectivity index (χ1n) is 6.84. The van der Waals surface area contributed by atoms with Crippen molar-refractivity contribution in [1.82, 2.24) is 0 Å². The summed E-state index contributed by atoms with van der Waals surface area (Å²) in [6, 6.07) is 4.22. The molecule has 2 aliphatic rings. The van der Waals surface area contributed by atoms with Gasteiger partial charge in [0.15, 0.2) is 0 Å². The highest BCUT2D eigenvalue weighted by Crippen LogP contribution is 2.52. The van der Waals surface area contributed by atoms with Crippen molar-refractivity contribution >= 4 is 11.3 Å². The summed E-state index contributed by atoms with van der Waals surface area (Å²) in [5.41, 5.74) is -0.603. The van der Waals surface area contributed by atoms with E-state index >= 15 is 0 Å². The third kappa shape index (κ3) is 2.17. The van der Waals surface area contributed by atoms with E-state index in [0.29, 0.717) is 0 Å². The van der Waals surface area contributed by atoms with E-state index in [1.54, 1.807) is 11.3 Å². The number of aryl methyl sites for hydroxylation is 1. The maximum Gasteiger partial charge on any atom is 0.0962 e. The zero-order chi connectivity index (χ0) is 12.0. The van der Waals surface area contributed by atoms with Gasteiger partial charge in [0.2, 0.25) is 0 Å². The molecule has 0 aromatic carbocycles. The second kappa shape index (κ2) is 4.10. The van der Waals surface area contributed by atoms with Crippen molar-refractivity contribution in [2.45, 2.75) is 51.6 Å². The van der Waals surface area contributed by atoms with Crippen molar-refractivity contribution in [3.05, 3.63) is 21.9 Å². The third-order valence-electron chi connectivity index (χ3n) is 4.82. The van der Waals surface area contributed by atoms with Gasteiger partial charge < -0.3 is 5.11 Å². The summed E-state index contributed by atoms with van der Waals surface area (Å²) in [7, 11) is 0. The van der Waals surface area contributed by atoms with Crippen molar-refractivity contribution in [2.24, 2.45) is 17.8 Å². The van der Waals surface area contributed by atoms with Crippen LogP contribution in [0.15, 0.2) is 12.1 Å².